The van der Waals surface area contributed by atoms with Gasteiger partial charge in [-0.2, -0.15) is 5.10 Å². The molecule has 0 spiro atoms. The number of halogens is 3. The topological polar surface area (TPSA) is 52.0 Å². The van der Waals surface area contributed by atoms with Crippen LogP contribution in [0.5, 0.6) is 0 Å². The van der Waals surface area contributed by atoms with Crippen LogP contribution in [0.15, 0.2) is 59.6 Å². The monoisotopic (exact) mass is 352 g/mol. The van der Waals surface area contributed by atoms with E-state index in [1.807, 2.05) is 0 Å². The largest absolute Gasteiger partial charge is 0.238 e. The zero-order chi connectivity index (χ0) is 17.3. The molecule has 0 aliphatic rings. The SMILES string of the molecule is O=S(=O)(Cc1ccn(-c2ccc(F)cc2F)n1)c1ccc(F)cc1. The van der Waals surface area contributed by atoms with Crippen LogP contribution in [0.2, 0.25) is 0 Å². The Morgan fingerprint density at radius 1 is 0.917 bits per heavy atom. The minimum Gasteiger partial charge on any atom is -0.238 e. The highest BCUT2D eigenvalue weighted by Gasteiger charge is 2.18. The van der Waals surface area contributed by atoms with Crippen LogP contribution in [0.25, 0.3) is 5.69 Å². The van der Waals surface area contributed by atoms with Crippen LogP contribution in [0.3, 0.4) is 0 Å². The highest BCUT2D eigenvalue weighted by Crippen LogP contribution is 2.18. The molecule has 0 atom stereocenters. The molecule has 0 aliphatic carbocycles. The van der Waals surface area contributed by atoms with Gasteiger partial charge in [-0.1, -0.05) is 0 Å². The van der Waals surface area contributed by atoms with Gasteiger partial charge in [-0.25, -0.2) is 26.3 Å². The number of rotatable bonds is 4. The van der Waals surface area contributed by atoms with Crippen molar-refractivity contribution in [1.29, 1.82) is 0 Å². The van der Waals surface area contributed by atoms with Crippen LogP contribution < -0.4 is 0 Å². The maximum absolute atomic E-state index is 13.7. The van der Waals surface area contributed by atoms with Gasteiger partial charge in [0.2, 0.25) is 0 Å². The molecule has 24 heavy (non-hydrogen) atoms. The third-order valence-corrected chi connectivity index (χ3v) is 4.98. The molecule has 0 fully saturated rings. The van der Waals surface area contributed by atoms with Crippen molar-refractivity contribution >= 4 is 9.84 Å². The molecule has 0 bridgehead atoms. The molecule has 0 unspecified atom stereocenters. The highest BCUT2D eigenvalue weighted by atomic mass is 32.2. The van der Waals surface area contributed by atoms with E-state index in [0.717, 1.165) is 22.9 Å². The summed E-state index contributed by atoms with van der Waals surface area (Å²) in [6, 6.07) is 8.86. The second-order valence-electron chi connectivity index (χ2n) is 5.06. The van der Waals surface area contributed by atoms with Crippen LogP contribution in [-0.2, 0) is 15.6 Å². The predicted molar refractivity (Wildman–Crippen MR) is 80.8 cm³/mol. The van der Waals surface area contributed by atoms with Gasteiger partial charge in [0.25, 0.3) is 0 Å². The molecule has 3 aromatic rings. The molecule has 0 amide bonds. The summed E-state index contributed by atoms with van der Waals surface area (Å²) < 4.78 is 65.2. The van der Waals surface area contributed by atoms with Crippen molar-refractivity contribution in [3.05, 3.63) is 77.9 Å². The van der Waals surface area contributed by atoms with Gasteiger partial charge in [0.05, 0.1) is 16.3 Å². The van der Waals surface area contributed by atoms with Gasteiger partial charge in [0.1, 0.15) is 17.3 Å². The van der Waals surface area contributed by atoms with Crippen LogP contribution in [-0.4, -0.2) is 18.2 Å². The second kappa shape index (κ2) is 6.12. The Hall–Kier alpha value is -2.61. The highest BCUT2D eigenvalue weighted by molar-refractivity contribution is 7.90. The summed E-state index contributed by atoms with van der Waals surface area (Å²) in [5.41, 5.74) is 0.185. The molecular weight excluding hydrogens is 341 g/mol. The normalized spacial score (nSPS) is 11.6. The molecule has 8 heteroatoms. The van der Waals surface area contributed by atoms with E-state index in [-0.39, 0.29) is 16.3 Å². The summed E-state index contributed by atoms with van der Waals surface area (Å²) in [5.74, 6) is -2.49. The zero-order valence-electron chi connectivity index (χ0n) is 12.2. The molecule has 1 heterocycles. The van der Waals surface area contributed by atoms with Crippen molar-refractivity contribution in [2.75, 3.05) is 0 Å². The minimum absolute atomic E-state index is 0.00169. The summed E-state index contributed by atoms with van der Waals surface area (Å²) in [4.78, 5) is -0.0357. The minimum atomic E-state index is -3.71. The van der Waals surface area contributed by atoms with Gasteiger partial charge < -0.3 is 0 Å². The van der Waals surface area contributed by atoms with E-state index in [1.165, 1.54) is 30.5 Å². The Balaban J connectivity index is 1.87. The molecule has 3 rings (SSSR count). The van der Waals surface area contributed by atoms with E-state index in [9.17, 15) is 21.6 Å². The van der Waals surface area contributed by atoms with E-state index in [0.29, 0.717) is 6.07 Å². The lowest BCUT2D eigenvalue weighted by atomic mass is 10.3. The lowest BCUT2D eigenvalue weighted by Gasteiger charge is -2.04. The molecular formula is C16H11F3N2O2S. The van der Waals surface area contributed by atoms with E-state index in [2.05, 4.69) is 5.10 Å². The standard InChI is InChI=1S/C16H11F3N2O2S/c17-11-1-4-14(5-2-11)24(22,23)10-13-7-8-21(20-13)16-6-3-12(18)9-15(16)19/h1-9H,10H2. The van der Waals surface area contributed by atoms with Gasteiger partial charge in [-0.3, -0.25) is 0 Å². The fourth-order valence-electron chi connectivity index (χ4n) is 2.16. The molecule has 124 valence electrons. The van der Waals surface area contributed by atoms with Crippen molar-refractivity contribution in [2.45, 2.75) is 10.6 Å². The van der Waals surface area contributed by atoms with E-state index >= 15 is 0 Å². The second-order valence-corrected chi connectivity index (χ2v) is 7.05. The summed E-state index contributed by atoms with van der Waals surface area (Å²) in [6.45, 7) is 0. The van der Waals surface area contributed by atoms with Crippen LogP contribution >= 0.6 is 0 Å². The molecule has 2 aromatic carbocycles. The number of hydrogen-bond donors (Lipinski definition) is 0. The average molecular weight is 352 g/mol. The Labute approximate surface area is 136 Å². The van der Waals surface area contributed by atoms with Crippen molar-refractivity contribution in [2.24, 2.45) is 0 Å². The first kappa shape index (κ1) is 16.3. The Kier molecular flexibility index (Phi) is 4.15. The maximum Gasteiger partial charge on any atom is 0.184 e. The fraction of sp³-hybridized carbons (Fsp3) is 0.0625. The lowest BCUT2D eigenvalue weighted by Crippen LogP contribution is -2.07. The molecule has 0 saturated carbocycles. The number of aromatic nitrogens is 2. The zero-order valence-corrected chi connectivity index (χ0v) is 13.0. The van der Waals surface area contributed by atoms with Crippen LogP contribution in [0.1, 0.15) is 5.69 Å². The average Bonchev–Trinajstić information content (AvgIpc) is 2.95. The molecule has 4 nitrogen and oxygen atoms in total. The van der Waals surface area contributed by atoms with Gasteiger partial charge in [0.15, 0.2) is 15.7 Å². The quantitative estimate of drug-likeness (QED) is 0.677. The van der Waals surface area contributed by atoms with Gasteiger partial charge >= 0.3 is 0 Å². The van der Waals surface area contributed by atoms with Crippen molar-refractivity contribution in [1.82, 2.24) is 9.78 Å². The van der Waals surface area contributed by atoms with Gasteiger partial charge in [0, 0.05) is 12.3 Å². The smallest absolute Gasteiger partial charge is 0.184 e. The number of benzene rings is 2. The predicted octanol–water partition coefficient (Wildman–Crippen LogP) is 3.26. The molecule has 0 saturated heterocycles. The van der Waals surface area contributed by atoms with Crippen molar-refractivity contribution < 1.29 is 21.6 Å². The summed E-state index contributed by atoms with van der Waals surface area (Å²) in [5, 5.41) is 4.00. The van der Waals surface area contributed by atoms with E-state index in [4.69, 9.17) is 0 Å². The number of sulfone groups is 1. The van der Waals surface area contributed by atoms with Gasteiger partial charge in [-0.15, -0.1) is 0 Å². The molecule has 1 aromatic heterocycles. The fourth-order valence-corrected chi connectivity index (χ4v) is 3.42. The summed E-state index contributed by atoms with van der Waals surface area (Å²) >= 11 is 0. The molecule has 0 radical (unpaired) electrons. The van der Waals surface area contributed by atoms with E-state index < -0.39 is 33.0 Å². The summed E-state index contributed by atoms with van der Waals surface area (Å²) in [7, 11) is -3.71. The maximum atomic E-state index is 13.7. The number of nitrogens with zero attached hydrogens (tertiary/aromatic N) is 2. The Bertz CT molecular complexity index is 983. The third kappa shape index (κ3) is 3.33. The van der Waals surface area contributed by atoms with Crippen LogP contribution in [0, 0.1) is 17.5 Å². The van der Waals surface area contributed by atoms with Crippen molar-refractivity contribution in [3.8, 4) is 5.69 Å². The van der Waals surface area contributed by atoms with E-state index in [1.54, 1.807) is 0 Å². The Morgan fingerprint density at radius 2 is 1.58 bits per heavy atom. The third-order valence-electron chi connectivity index (χ3n) is 3.31. The first-order chi connectivity index (χ1) is 11.3. The first-order valence-corrected chi connectivity index (χ1v) is 8.49. The number of hydrogen-bond acceptors (Lipinski definition) is 3. The lowest BCUT2D eigenvalue weighted by molar-refractivity contribution is 0.573. The summed E-state index contributed by atoms with van der Waals surface area (Å²) in [6.07, 6.45) is 1.38. The molecule has 0 aliphatic heterocycles. The van der Waals surface area contributed by atoms with Gasteiger partial charge in [-0.05, 0) is 42.5 Å². The molecule has 0 N–H and O–H groups in total. The van der Waals surface area contributed by atoms with Crippen molar-refractivity contribution in [3.63, 3.8) is 0 Å². The first-order valence-electron chi connectivity index (χ1n) is 6.83. The Morgan fingerprint density at radius 3 is 2.25 bits per heavy atom. The van der Waals surface area contributed by atoms with Crippen LogP contribution in [0.4, 0.5) is 13.2 Å².